The van der Waals surface area contributed by atoms with Crippen LogP contribution in [0.2, 0.25) is 0 Å². The monoisotopic (exact) mass is 581 g/mol. The Balaban J connectivity index is 1.31. The summed E-state index contributed by atoms with van der Waals surface area (Å²) in [6.45, 7) is 4.34. The molecule has 41 heavy (non-hydrogen) atoms. The number of aryl methyl sites for hydroxylation is 2. The van der Waals surface area contributed by atoms with E-state index in [1.807, 2.05) is 6.07 Å². The third kappa shape index (κ3) is 5.34. The van der Waals surface area contributed by atoms with Gasteiger partial charge in [-0.1, -0.05) is 6.07 Å². The maximum atomic E-state index is 13.9. The number of fused-ring (bicyclic) bond motifs is 2. The van der Waals surface area contributed by atoms with Gasteiger partial charge in [0.2, 0.25) is 15.9 Å². The van der Waals surface area contributed by atoms with E-state index in [0.29, 0.717) is 30.7 Å². The zero-order valence-electron chi connectivity index (χ0n) is 23.2. The Labute approximate surface area is 239 Å². The highest BCUT2D eigenvalue weighted by molar-refractivity contribution is 7.89. The normalized spacial score (nSPS) is 24.6. The number of nitrogens with zero attached hydrogens (tertiary/aromatic N) is 6. The number of hydrogen-bond acceptors (Lipinski definition) is 9. The Kier molecular flexibility index (Phi) is 7.30. The van der Waals surface area contributed by atoms with Gasteiger partial charge in [0.25, 0.3) is 0 Å². The third-order valence-corrected chi connectivity index (χ3v) is 10.5. The molecule has 2 fully saturated rings. The number of aliphatic hydroxyl groups is 1. The largest absolute Gasteiger partial charge is 0.492 e. The van der Waals surface area contributed by atoms with Gasteiger partial charge in [0, 0.05) is 63.4 Å². The van der Waals surface area contributed by atoms with Crippen molar-refractivity contribution in [2.24, 2.45) is 7.05 Å². The van der Waals surface area contributed by atoms with E-state index in [1.54, 1.807) is 30.1 Å². The Hall–Kier alpha value is -3.39. The minimum absolute atomic E-state index is 0.0354. The molecule has 0 aliphatic carbocycles. The zero-order valence-corrected chi connectivity index (χ0v) is 24.0. The Bertz CT molecular complexity index is 1550. The number of benzene rings is 1. The lowest BCUT2D eigenvalue weighted by molar-refractivity contribution is -0.127. The van der Waals surface area contributed by atoms with Crippen LogP contribution in [0.3, 0.4) is 0 Å². The number of rotatable bonds is 3. The van der Waals surface area contributed by atoms with E-state index in [4.69, 9.17) is 4.74 Å². The number of ether oxygens (including phenoxy) is 1. The Morgan fingerprint density at radius 1 is 1.17 bits per heavy atom. The summed E-state index contributed by atoms with van der Waals surface area (Å²) in [7, 11) is -2.40. The third-order valence-electron chi connectivity index (χ3n) is 8.57. The molecule has 1 aromatic carbocycles. The molecule has 5 heterocycles. The number of piperidine rings is 1. The van der Waals surface area contributed by atoms with E-state index in [9.17, 15) is 18.3 Å². The minimum atomic E-state index is -4.16. The van der Waals surface area contributed by atoms with Crippen LogP contribution in [0.1, 0.15) is 36.9 Å². The summed E-state index contributed by atoms with van der Waals surface area (Å²) in [5.41, 5.74) is 2.27. The van der Waals surface area contributed by atoms with Gasteiger partial charge in [-0.3, -0.25) is 14.7 Å². The molecular formula is C28H35N7O5S. The molecule has 0 unspecified atom stereocenters. The molecule has 0 radical (unpaired) electrons. The van der Waals surface area contributed by atoms with Crippen molar-refractivity contribution in [3.05, 3.63) is 54.1 Å². The molecule has 12 nitrogen and oxygen atoms in total. The second kappa shape index (κ2) is 10.8. The average Bonchev–Trinajstić information content (AvgIpc) is 3.56. The van der Waals surface area contributed by atoms with Crippen LogP contribution in [0.15, 0.2) is 47.8 Å². The molecule has 3 aromatic rings. The molecule has 2 aromatic heterocycles. The van der Waals surface area contributed by atoms with Gasteiger partial charge in [0.05, 0.1) is 18.4 Å². The molecule has 0 saturated carbocycles. The maximum absolute atomic E-state index is 13.9. The van der Waals surface area contributed by atoms with Crippen LogP contribution in [0.4, 0.5) is 0 Å². The standard InChI is InChI=1S/C28H35N7O5S/c1-19-4-3-10-29-22(19)17-34-11-7-28(8-12-34)9-13-40-24-14-20(26-30-18-31-33(26)2)5-6-25(24)41(38,39)35-16-21(36)15-23(35)27(37)32-28/h3-6,10,14,18,21,23,36H,7-9,11-13,15-17H2,1-2H3,(H,32,37)/t21-,23+/m1/s1. The van der Waals surface area contributed by atoms with Gasteiger partial charge < -0.3 is 15.2 Å². The smallest absolute Gasteiger partial charge is 0.247 e. The molecule has 0 bridgehead atoms. The SMILES string of the molecule is Cc1cccnc1CN1CCC2(CCOc3cc(-c4ncnn4C)ccc3S(=O)(=O)N3C[C@H](O)C[C@H]3C(=O)N2)CC1. The van der Waals surface area contributed by atoms with Crippen LogP contribution < -0.4 is 10.1 Å². The van der Waals surface area contributed by atoms with Crippen LogP contribution in [0.5, 0.6) is 5.75 Å². The summed E-state index contributed by atoms with van der Waals surface area (Å²) in [5.74, 6) is 0.387. The fourth-order valence-corrected chi connectivity index (χ4v) is 7.87. The van der Waals surface area contributed by atoms with Crippen LogP contribution in [0, 0.1) is 6.92 Å². The van der Waals surface area contributed by atoms with Crippen molar-refractivity contribution >= 4 is 15.9 Å². The number of sulfonamides is 1. The van der Waals surface area contributed by atoms with Gasteiger partial charge in [-0.2, -0.15) is 9.40 Å². The molecule has 2 N–H and O–H groups in total. The van der Waals surface area contributed by atoms with Crippen molar-refractivity contribution < 1.29 is 23.1 Å². The lowest BCUT2D eigenvalue weighted by Gasteiger charge is -2.43. The van der Waals surface area contributed by atoms with Crippen molar-refractivity contribution in [2.45, 2.75) is 61.7 Å². The van der Waals surface area contributed by atoms with E-state index >= 15 is 0 Å². The molecule has 3 aliphatic rings. The molecule has 13 heteroatoms. The zero-order chi connectivity index (χ0) is 28.8. The summed E-state index contributed by atoms with van der Waals surface area (Å²) >= 11 is 0. The van der Waals surface area contributed by atoms with E-state index in [-0.39, 0.29) is 36.1 Å². The Morgan fingerprint density at radius 3 is 2.71 bits per heavy atom. The minimum Gasteiger partial charge on any atom is -0.492 e. The van der Waals surface area contributed by atoms with Gasteiger partial charge >= 0.3 is 0 Å². The highest BCUT2D eigenvalue weighted by Gasteiger charge is 2.47. The number of nitrogens with one attached hydrogen (secondary N) is 1. The predicted molar refractivity (Wildman–Crippen MR) is 149 cm³/mol. The molecule has 1 spiro atoms. The van der Waals surface area contributed by atoms with E-state index in [2.05, 4.69) is 38.3 Å². The highest BCUT2D eigenvalue weighted by atomic mass is 32.2. The molecule has 218 valence electrons. The van der Waals surface area contributed by atoms with Crippen molar-refractivity contribution in [3.8, 4) is 17.1 Å². The van der Waals surface area contributed by atoms with E-state index < -0.39 is 27.7 Å². The molecule has 2 saturated heterocycles. The summed E-state index contributed by atoms with van der Waals surface area (Å²) in [6, 6.07) is 7.78. The number of aliphatic hydroxyl groups excluding tert-OH is 1. The molecule has 6 rings (SSSR count). The lowest BCUT2D eigenvalue weighted by Crippen LogP contribution is -2.59. The lowest BCUT2D eigenvalue weighted by atomic mass is 9.84. The van der Waals surface area contributed by atoms with Gasteiger partial charge in [0.15, 0.2) is 5.82 Å². The first-order chi connectivity index (χ1) is 19.6. The molecule has 2 atom stereocenters. The molecule has 3 aliphatic heterocycles. The first-order valence-corrected chi connectivity index (χ1v) is 15.4. The molecule has 1 amide bonds. The van der Waals surface area contributed by atoms with Crippen molar-refractivity contribution in [3.63, 3.8) is 0 Å². The van der Waals surface area contributed by atoms with Gasteiger partial charge in [0.1, 0.15) is 23.0 Å². The molecular weight excluding hydrogens is 546 g/mol. The highest BCUT2D eigenvalue weighted by Crippen LogP contribution is 2.37. The fourth-order valence-electron chi connectivity index (χ4n) is 6.12. The Morgan fingerprint density at radius 2 is 1.98 bits per heavy atom. The van der Waals surface area contributed by atoms with Crippen LogP contribution in [-0.2, 0) is 28.4 Å². The number of carbonyl (C=O) groups excluding carboxylic acids is 1. The van der Waals surface area contributed by atoms with Crippen molar-refractivity contribution in [1.82, 2.24) is 34.3 Å². The number of likely N-dealkylation sites (tertiary alicyclic amines) is 1. The number of aromatic nitrogens is 4. The average molecular weight is 582 g/mol. The first-order valence-electron chi connectivity index (χ1n) is 13.9. The van der Waals surface area contributed by atoms with Crippen molar-refractivity contribution in [2.75, 3.05) is 26.2 Å². The first kappa shape index (κ1) is 27.8. The van der Waals surface area contributed by atoms with Crippen molar-refractivity contribution in [1.29, 1.82) is 0 Å². The quantitative estimate of drug-likeness (QED) is 0.467. The van der Waals surface area contributed by atoms with Crippen LogP contribution in [0.25, 0.3) is 11.4 Å². The summed E-state index contributed by atoms with van der Waals surface area (Å²) < 4.78 is 36.8. The number of carbonyl (C=O) groups is 1. The number of amides is 1. The predicted octanol–water partition coefficient (Wildman–Crippen LogP) is 1.24. The van der Waals surface area contributed by atoms with Gasteiger partial charge in [-0.05, 0) is 49.6 Å². The maximum Gasteiger partial charge on any atom is 0.247 e. The number of pyridine rings is 1. The van der Waals surface area contributed by atoms with Crippen LogP contribution in [-0.4, -0.2) is 92.3 Å². The second-order valence-electron chi connectivity index (χ2n) is 11.3. The van der Waals surface area contributed by atoms with Crippen LogP contribution >= 0.6 is 0 Å². The second-order valence-corrected chi connectivity index (χ2v) is 13.1. The fraction of sp³-hybridized carbons (Fsp3) is 0.500. The summed E-state index contributed by atoms with van der Waals surface area (Å²) in [4.78, 5) is 24.8. The van der Waals surface area contributed by atoms with Gasteiger partial charge in [-0.25, -0.2) is 18.1 Å². The van der Waals surface area contributed by atoms with Gasteiger partial charge in [-0.15, -0.1) is 0 Å². The summed E-state index contributed by atoms with van der Waals surface area (Å²) in [6.07, 6.45) is 4.22. The summed E-state index contributed by atoms with van der Waals surface area (Å²) in [5, 5.41) is 17.8. The number of hydrogen-bond donors (Lipinski definition) is 2. The van der Waals surface area contributed by atoms with E-state index in [1.165, 1.54) is 12.4 Å². The topological polar surface area (TPSA) is 143 Å². The van der Waals surface area contributed by atoms with E-state index in [0.717, 1.165) is 35.2 Å².